The summed E-state index contributed by atoms with van der Waals surface area (Å²) in [6.07, 6.45) is 1.39. The van der Waals surface area contributed by atoms with Crippen LogP contribution in [0, 0.1) is 0 Å². The molecule has 154 valence electrons. The first-order chi connectivity index (χ1) is 13.9. The Balaban J connectivity index is 1.72. The molecule has 0 saturated heterocycles. The highest BCUT2D eigenvalue weighted by atomic mass is 16.6. The van der Waals surface area contributed by atoms with Crippen molar-refractivity contribution in [3.05, 3.63) is 65.2 Å². The van der Waals surface area contributed by atoms with Gasteiger partial charge in [-0.25, -0.2) is 4.79 Å². The van der Waals surface area contributed by atoms with Gasteiger partial charge in [0, 0.05) is 12.0 Å². The van der Waals surface area contributed by atoms with Crippen molar-refractivity contribution in [1.29, 1.82) is 0 Å². The van der Waals surface area contributed by atoms with E-state index < -0.39 is 5.97 Å². The van der Waals surface area contributed by atoms with Gasteiger partial charge in [-0.05, 0) is 48.7 Å². The summed E-state index contributed by atoms with van der Waals surface area (Å²) in [6, 6.07) is 14.4. The second-order valence-corrected chi connectivity index (χ2v) is 6.63. The molecule has 0 aromatic heterocycles. The highest BCUT2D eigenvalue weighted by Crippen LogP contribution is 2.14. The first-order valence-electron chi connectivity index (χ1n) is 9.72. The van der Waals surface area contributed by atoms with E-state index in [0.717, 1.165) is 12.0 Å². The van der Waals surface area contributed by atoms with Gasteiger partial charge in [0.1, 0.15) is 5.75 Å². The standard InChI is InChI=1S/C23H27NO5/c1-4-17-6-8-18(9-7-17)16(3)24-22(26)14-29-23(27)15-28-20-12-10-19(11-13-20)21(25)5-2/h6-13,16H,4-5,14-15H2,1-3H3,(H,24,26)/t16-/m1/s1. The van der Waals surface area contributed by atoms with Crippen LogP contribution in [-0.2, 0) is 20.7 Å². The molecule has 2 aromatic rings. The molecule has 0 aliphatic rings. The molecule has 0 bridgehead atoms. The number of hydrogen-bond donors (Lipinski definition) is 1. The van der Waals surface area contributed by atoms with E-state index in [4.69, 9.17) is 9.47 Å². The Labute approximate surface area is 171 Å². The Bertz CT molecular complexity index is 827. The van der Waals surface area contributed by atoms with Crippen molar-refractivity contribution < 1.29 is 23.9 Å². The van der Waals surface area contributed by atoms with Crippen molar-refractivity contribution in [1.82, 2.24) is 5.32 Å². The first kappa shape index (κ1) is 22.1. The second-order valence-electron chi connectivity index (χ2n) is 6.63. The summed E-state index contributed by atoms with van der Waals surface area (Å²) in [6.45, 7) is 5.06. The molecule has 0 radical (unpaired) electrons. The molecule has 29 heavy (non-hydrogen) atoms. The topological polar surface area (TPSA) is 81.7 Å². The zero-order valence-electron chi connectivity index (χ0n) is 17.1. The smallest absolute Gasteiger partial charge is 0.344 e. The Hall–Kier alpha value is -3.15. The molecule has 1 amide bonds. The predicted octanol–water partition coefficient (Wildman–Crippen LogP) is 3.64. The number of hydrogen-bond acceptors (Lipinski definition) is 5. The Morgan fingerprint density at radius 1 is 0.931 bits per heavy atom. The number of ketones is 1. The lowest BCUT2D eigenvalue weighted by atomic mass is 10.1. The van der Waals surface area contributed by atoms with E-state index in [9.17, 15) is 14.4 Å². The van der Waals surface area contributed by atoms with Crippen LogP contribution in [0.1, 0.15) is 54.7 Å². The van der Waals surface area contributed by atoms with Crippen LogP contribution < -0.4 is 10.1 Å². The fourth-order valence-electron chi connectivity index (χ4n) is 2.68. The number of benzene rings is 2. The number of aryl methyl sites for hydroxylation is 1. The molecule has 0 unspecified atom stereocenters. The summed E-state index contributed by atoms with van der Waals surface area (Å²) in [4.78, 5) is 35.4. The molecular weight excluding hydrogens is 370 g/mol. The van der Waals surface area contributed by atoms with Gasteiger partial charge < -0.3 is 14.8 Å². The molecule has 0 spiro atoms. The maximum absolute atomic E-state index is 12.0. The SMILES string of the molecule is CCC(=O)c1ccc(OCC(=O)OCC(=O)N[C@H](C)c2ccc(CC)cc2)cc1. The molecule has 0 aliphatic carbocycles. The highest BCUT2D eigenvalue weighted by molar-refractivity contribution is 5.95. The third-order valence-electron chi connectivity index (χ3n) is 4.48. The van der Waals surface area contributed by atoms with E-state index in [2.05, 4.69) is 12.2 Å². The normalized spacial score (nSPS) is 11.4. The molecule has 0 saturated carbocycles. The molecule has 2 aromatic carbocycles. The third-order valence-corrected chi connectivity index (χ3v) is 4.48. The number of ether oxygens (including phenoxy) is 2. The summed E-state index contributed by atoms with van der Waals surface area (Å²) < 4.78 is 10.3. The number of rotatable bonds is 10. The molecular formula is C23H27NO5. The summed E-state index contributed by atoms with van der Waals surface area (Å²) in [5, 5.41) is 2.80. The molecule has 2 rings (SSSR count). The Morgan fingerprint density at radius 2 is 1.59 bits per heavy atom. The minimum atomic E-state index is -0.645. The van der Waals surface area contributed by atoms with Crippen LogP contribution >= 0.6 is 0 Å². The van der Waals surface area contributed by atoms with Crippen LogP contribution in [0.4, 0.5) is 0 Å². The average molecular weight is 397 g/mol. The van der Waals surface area contributed by atoms with Crippen LogP contribution in [0.15, 0.2) is 48.5 Å². The van der Waals surface area contributed by atoms with Crippen LogP contribution in [0.3, 0.4) is 0 Å². The summed E-state index contributed by atoms with van der Waals surface area (Å²) >= 11 is 0. The number of nitrogens with one attached hydrogen (secondary N) is 1. The lowest BCUT2D eigenvalue weighted by Gasteiger charge is -2.15. The maximum Gasteiger partial charge on any atom is 0.344 e. The lowest BCUT2D eigenvalue weighted by molar-refractivity contribution is -0.150. The molecule has 1 atom stereocenters. The van der Waals surface area contributed by atoms with Gasteiger partial charge in [-0.2, -0.15) is 0 Å². The summed E-state index contributed by atoms with van der Waals surface area (Å²) in [7, 11) is 0. The maximum atomic E-state index is 12.0. The Kier molecular flexibility index (Phi) is 8.40. The van der Waals surface area contributed by atoms with E-state index in [1.165, 1.54) is 5.56 Å². The van der Waals surface area contributed by atoms with Crippen molar-refractivity contribution in [2.24, 2.45) is 0 Å². The van der Waals surface area contributed by atoms with E-state index in [0.29, 0.717) is 17.7 Å². The van der Waals surface area contributed by atoms with Crippen molar-refractivity contribution in [2.45, 2.75) is 39.7 Å². The predicted molar refractivity (Wildman–Crippen MR) is 110 cm³/mol. The van der Waals surface area contributed by atoms with E-state index in [1.807, 2.05) is 31.2 Å². The van der Waals surface area contributed by atoms with Crippen molar-refractivity contribution in [3.8, 4) is 5.75 Å². The average Bonchev–Trinajstić information content (AvgIpc) is 2.76. The molecule has 6 nitrogen and oxygen atoms in total. The number of carbonyl (C=O) groups is 3. The zero-order valence-corrected chi connectivity index (χ0v) is 17.1. The van der Waals surface area contributed by atoms with E-state index in [1.54, 1.807) is 31.2 Å². The third kappa shape index (κ3) is 7.07. The van der Waals surface area contributed by atoms with Gasteiger partial charge in [0.25, 0.3) is 5.91 Å². The summed E-state index contributed by atoms with van der Waals surface area (Å²) in [5.41, 5.74) is 2.81. The van der Waals surface area contributed by atoms with Crippen LogP contribution in [-0.4, -0.2) is 30.9 Å². The molecule has 0 fully saturated rings. The van der Waals surface area contributed by atoms with E-state index >= 15 is 0 Å². The summed E-state index contributed by atoms with van der Waals surface area (Å²) in [5.74, 6) is -0.539. The molecule has 0 aliphatic heterocycles. The van der Waals surface area contributed by atoms with Gasteiger partial charge in [0.15, 0.2) is 19.0 Å². The van der Waals surface area contributed by atoms with Crippen molar-refractivity contribution >= 4 is 17.7 Å². The second kappa shape index (κ2) is 11.0. The van der Waals surface area contributed by atoms with Gasteiger partial charge in [0.2, 0.25) is 0 Å². The molecule has 6 heteroatoms. The molecule has 1 N–H and O–H groups in total. The Morgan fingerprint density at radius 3 is 2.17 bits per heavy atom. The first-order valence-corrected chi connectivity index (χ1v) is 9.72. The van der Waals surface area contributed by atoms with Gasteiger partial charge in [-0.3, -0.25) is 9.59 Å². The highest BCUT2D eigenvalue weighted by Gasteiger charge is 2.12. The van der Waals surface area contributed by atoms with Crippen LogP contribution in [0.5, 0.6) is 5.75 Å². The zero-order chi connectivity index (χ0) is 21.2. The number of esters is 1. The lowest BCUT2D eigenvalue weighted by Crippen LogP contribution is -2.31. The van der Waals surface area contributed by atoms with Crippen molar-refractivity contribution in [2.75, 3.05) is 13.2 Å². The molecule has 0 heterocycles. The quantitative estimate of drug-likeness (QED) is 0.489. The van der Waals surface area contributed by atoms with E-state index in [-0.39, 0.29) is 30.9 Å². The number of Topliss-reactive ketones (excluding diaryl/α,β-unsaturated/α-hetero) is 1. The largest absolute Gasteiger partial charge is 0.482 e. The fraction of sp³-hybridized carbons (Fsp3) is 0.348. The number of carbonyl (C=O) groups excluding carboxylic acids is 3. The van der Waals surface area contributed by atoms with Gasteiger partial charge in [-0.1, -0.05) is 38.1 Å². The van der Waals surface area contributed by atoms with Crippen LogP contribution in [0.2, 0.25) is 0 Å². The van der Waals surface area contributed by atoms with Crippen molar-refractivity contribution in [3.63, 3.8) is 0 Å². The number of amides is 1. The van der Waals surface area contributed by atoms with Gasteiger partial charge in [-0.15, -0.1) is 0 Å². The van der Waals surface area contributed by atoms with Gasteiger partial charge in [0.05, 0.1) is 6.04 Å². The minimum absolute atomic E-state index is 0.0394. The van der Waals surface area contributed by atoms with Crippen LogP contribution in [0.25, 0.3) is 0 Å². The van der Waals surface area contributed by atoms with Gasteiger partial charge >= 0.3 is 5.97 Å². The minimum Gasteiger partial charge on any atom is -0.482 e. The monoisotopic (exact) mass is 397 g/mol. The fourth-order valence-corrected chi connectivity index (χ4v) is 2.68.